The Morgan fingerprint density at radius 3 is 2.68 bits per heavy atom. The van der Waals surface area contributed by atoms with Gasteiger partial charge in [-0.25, -0.2) is 4.98 Å². The summed E-state index contributed by atoms with van der Waals surface area (Å²) in [5.41, 5.74) is 2.49. The molecule has 1 aromatic heterocycles. The van der Waals surface area contributed by atoms with Gasteiger partial charge < -0.3 is 4.74 Å². The van der Waals surface area contributed by atoms with Gasteiger partial charge in [0, 0.05) is 22.0 Å². The fourth-order valence-corrected chi connectivity index (χ4v) is 3.10. The molecule has 3 rings (SSSR count). The molecular weight excluding hydrogens is 356 g/mol. The van der Waals surface area contributed by atoms with Crippen LogP contribution in [0.15, 0.2) is 60.0 Å². The van der Waals surface area contributed by atoms with Crippen molar-refractivity contribution in [1.29, 1.82) is 0 Å². The second kappa shape index (κ2) is 7.96. The van der Waals surface area contributed by atoms with E-state index in [1.54, 1.807) is 13.2 Å². The van der Waals surface area contributed by atoms with Gasteiger partial charge in [0.15, 0.2) is 5.13 Å². The minimum atomic E-state index is -0.240. The number of halogens is 1. The molecule has 1 amide bonds. The first kappa shape index (κ1) is 17.2. The second-order valence-electron chi connectivity index (χ2n) is 5.11. The zero-order valence-electron chi connectivity index (χ0n) is 13.4. The highest BCUT2D eigenvalue weighted by molar-refractivity contribution is 7.14. The molecule has 0 aliphatic carbocycles. The number of thiazole rings is 1. The molecule has 126 valence electrons. The Bertz CT molecular complexity index is 904. The van der Waals surface area contributed by atoms with Gasteiger partial charge in [-0.3, -0.25) is 10.1 Å². The van der Waals surface area contributed by atoms with Crippen LogP contribution in [0.2, 0.25) is 5.02 Å². The lowest BCUT2D eigenvalue weighted by molar-refractivity contribution is -0.111. The van der Waals surface area contributed by atoms with Crippen molar-refractivity contribution in [2.45, 2.75) is 0 Å². The molecule has 0 spiro atoms. The third-order valence-electron chi connectivity index (χ3n) is 3.43. The van der Waals surface area contributed by atoms with E-state index in [2.05, 4.69) is 10.3 Å². The van der Waals surface area contributed by atoms with Gasteiger partial charge in [-0.1, -0.05) is 41.9 Å². The van der Waals surface area contributed by atoms with Gasteiger partial charge in [-0.15, -0.1) is 11.3 Å². The standard InChI is InChI=1S/C19H15ClN2O2S/c1-24-14-9-6-13(7-10-14)8-11-18(23)22-19-21-17(12-25-19)15-4-2-3-5-16(15)20/h2-12H,1H3,(H,21,22,23). The average molecular weight is 371 g/mol. The summed E-state index contributed by atoms with van der Waals surface area (Å²) in [5, 5.41) is 5.78. The molecule has 0 bridgehead atoms. The number of benzene rings is 2. The predicted molar refractivity (Wildman–Crippen MR) is 103 cm³/mol. The van der Waals surface area contributed by atoms with Crippen molar-refractivity contribution in [1.82, 2.24) is 4.98 Å². The minimum Gasteiger partial charge on any atom is -0.497 e. The number of carbonyl (C=O) groups excluding carboxylic acids is 1. The molecule has 3 aromatic rings. The summed E-state index contributed by atoms with van der Waals surface area (Å²) in [6.45, 7) is 0. The highest BCUT2D eigenvalue weighted by Crippen LogP contribution is 2.30. The van der Waals surface area contributed by atoms with Crippen LogP contribution in [0.5, 0.6) is 5.75 Å². The van der Waals surface area contributed by atoms with E-state index in [1.165, 1.54) is 17.4 Å². The van der Waals surface area contributed by atoms with Crippen LogP contribution >= 0.6 is 22.9 Å². The van der Waals surface area contributed by atoms with Gasteiger partial charge in [0.05, 0.1) is 12.8 Å². The number of ether oxygens (including phenoxy) is 1. The number of carbonyl (C=O) groups is 1. The largest absolute Gasteiger partial charge is 0.497 e. The minimum absolute atomic E-state index is 0.240. The summed E-state index contributed by atoms with van der Waals surface area (Å²) in [6.07, 6.45) is 3.20. The number of hydrogen-bond acceptors (Lipinski definition) is 4. The predicted octanol–water partition coefficient (Wildman–Crippen LogP) is 5.12. The quantitative estimate of drug-likeness (QED) is 0.634. The Morgan fingerprint density at radius 2 is 1.96 bits per heavy atom. The topological polar surface area (TPSA) is 51.2 Å². The molecule has 0 aliphatic heterocycles. The molecule has 1 heterocycles. The number of anilines is 1. The first-order valence-corrected chi connectivity index (χ1v) is 8.75. The zero-order chi connectivity index (χ0) is 17.6. The lowest BCUT2D eigenvalue weighted by Gasteiger charge is -2.00. The number of hydrogen-bond donors (Lipinski definition) is 1. The number of nitrogens with zero attached hydrogens (tertiary/aromatic N) is 1. The van der Waals surface area contributed by atoms with Crippen molar-refractivity contribution in [3.05, 3.63) is 70.6 Å². The van der Waals surface area contributed by atoms with E-state index in [-0.39, 0.29) is 5.91 Å². The van der Waals surface area contributed by atoms with Crippen LogP contribution in [0.1, 0.15) is 5.56 Å². The Labute approximate surface area is 154 Å². The summed E-state index contributed by atoms with van der Waals surface area (Å²) < 4.78 is 5.10. The summed E-state index contributed by atoms with van der Waals surface area (Å²) in [4.78, 5) is 16.5. The normalized spacial score (nSPS) is 10.8. The Hall–Kier alpha value is -2.63. The number of methoxy groups -OCH3 is 1. The van der Waals surface area contributed by atoms with Crippen LogP contribution in [0, 0.1) is 0 Å². The first-order valence-electron chi connectivity index (χ1n) is 7.49. The Balaban J connectivity index is 1.65. The summed E-state index contributed by atoms with van der Waals surface area (Å²) in [5.74, 6) is 0.535. The fourth-order valence-electron chi connectivity index (χ4n) is 2.16. The molecule has 6 heteroatoms. The van der Waals surface area contributed by atoms with Gasteiger partial charge in [-0.2, -0.15) is 0 Å². The molecule has 0 saturated carbocycles. The number of aromatic nitrogens is 1. The summed E-state index contributed by atoms with van der Waals surface area (Å²) in [6, 6.07) is 14.9. The molecule has 0 aliphatic rings. The van der Waals surface area contributed by atoms with Gasteiger partial charge >= 0.3 is 0 Å². The molecule has 2 aromatic carbocycles. The van der Waals surface area contributed by atoms with Crippen molar-refractivity contribution in [2.75, 3.05) is 12.4 Å². The maximum atomic E-state index is 12.0. The molecule has 0 radical (unpaired) electrons. The number of nitrogens with one attached hydrogen (secondary N) is 1. The van der Waals surface area contributed by atoms with Gasteiger partial charge in [0.1, 0.15) is 5.75 Å². The molecule has 25 heavy (non-hydrogen) atoms. The average Bonchev–Trinajstić information content (AvgIpc) is 3.09. The number of amides is 1. The monoisotopic (exact) mass is 370 g/mol. The van der Waals surface area contributed by atoms with E-state index in [1.807, 2.05) is 53.9 Å². The molecule has 0 atom stereocenters. The summed E-state index contributed by atoms with van der Waals surface area (Å²) in [7, 11) is 1.61. The molecule has 4 nitrogen and oxygen atoms in total. The molecule has 0 unspecified atom stereocenters. The van der Waals surface area contributed by atoms with Crippen LogP contribution in [-0.4, -0.2) is 18.0 Å². The smallest absolute Gasteiger partial charge is 0.250 e. The maximum Gasteiger partial charge on any atom is 0.250 e. The van der Waals surface area contributed by atoms with Gasteiger partial charge in [-0.05, 0) is 29.8 Å². The van der Waals surface area contributed by atoms with Crippen LogP contribution in [-0.2, 0) is 4.79 Å². The van der Waals surface area contributed by atoms with Crippen LogP contribution < -0.4 is 10.1 Å². The lowest BCUT2D eigenvalue weighted by atomic mass is 10.2. The van der Waals surface area contributed by atoms with E-state index < -0.39 is 0 Å². The van der Waals surface area contributed by atoms with E-state index >= 15 is 0 Å². The van der Waals surface area contributed by atoms with Crippen molar-refractivity contribution < 1.29 is 9.53 Å². The number of rotatable bonds is 5. The van der Waals surface area contributed by atoms with Gasteiger partial charge in [0.2, 0.25) is 5.91 Å². The van der Waals surface area contributed by atoms with Crippen molar-refractivity contribution in [3.8, 4) is 17.0 Å². The highest BCUT2D eigenvalue weighted by atomic mass is 35.5. The van der Waals surface area contributed by atoms with Crippen molar-refractivity contribution >= 4 is 40.1 Å². The van der Waals surface area contributed by atoms with E-state index in [4.69, 9.17) is 16.3 Å². The third kappa shape index (κ3) is 4.47. The molecule has 0 fully saturated rings. The lowest BCUT2D eigenvalue weighted by Crippen LogP contribution is -2.07. The van der Waals surface area contributed by atoms with E-state index in [0.29, 0.717) is 10.2 Å². The van der Waals surface area contributed by atoms with E-state index in [9.17, 15) is 4.79 Å². The third-order valence-corrected chi connectivity index (χ3v) is 4.51. The van der Waals surface area contributed by atoms with Gasteiger partial charge in [0.25, 0.3) is 0 Å². The maximum absolute atomic E-state index is 12.0. The van der Waals surface area contributed by atoms with Crippen molar-refractivity contribution in [2.24, 2.45) is 0 Å². The second-order valence-corrected chi connectivity index (χ2v) is 6.38. The van der Waals surface area contributed by atoms with Crippen LogP contribution in [0.25, 0.3) is 17.3 Å². The van der Waals surface area contributed by atoms with Crippen molar-refractivity contribution in [3.63, 3.8) is 0 Å². The van der Waals surface area contributed by atoms with Crippen LogP contribution in [0.3, 0.4) is 0 Å². The molecule has 0 saturated heterocycles. The Morgan fingerprint density at radius 1 is 1.20 bits per heavy atom. The fraction of sp³-hybridized carbons (Fsp3) is 0.0526. The molecule has 1 N–H and O–H groups in total. The zero-order valence-corrected chi connectivity index (χ0v) is 15.0. The van der Waals surface area contributed by atoms with E-state index in [0.717, 1.165) is 22.6 Å². The summed E-state index contributed by atoms with van der Waals surface area (Å²) >= 11 is 7.53. The first-order chi connectivity index (χ1) is 12.2. The van der Waals surface area contributed by atoms with Crippen LogP contribution in [0.4, 0.5) is 5.13 Å². The SMILES string of the molecule is COc1ccc(C=CC(=O)Nc2nc(-c3ccccc3Cl)cs2)cc1. The highest BCUT2D eigenvalue weighted by Gasteiger charge is 2.08. The molecular formula is C19H15ClN2O2S. The Kier molecular flexibility index (Phi) is 5.48.